The van der Waals surface area contributed by atoms with Gasteiger partial charge in [0.25, 0.3) is 0 Å². The van der Waals surface area contributed by atoms with Crippen LogP contribution in [0.15, 0.2) is 0 Å². The van der Waals surface area contributed by atoms with Gasteiger partial charge in [0.2, 0.25) is 10.4 Å². The number of aliphatic hydroxyl groups excluding tert-OH is 1. The summed E-state index contributed by atoms with van der Waals surface area (Å²) in [6.45, 7) is 0. The summed E-state index contributed by atoms with van der Waals surface area (Å²) in [6.07, 6.45) is 3.24. The van der Waals surface area contributed by atoms with E-state index in [2.05, 4.69) is 0 Å². The van der Waals surface area contributed by atoms with Crippen LogP contribution in [0, 0.1) is 0 Å². The van der Waals surface area contributed by atoms with Gasteiger partial charge in [-0.2, -0.15) is 0 Å². The summed E-state index contributed by atoms with van der Waals surface area (Å²) in [5.74, 6) is -0.335. The van der Waals surface area contributed by atoms with Gasteiger partial charge in [0, 0.05) is 6.42 Å². The minimum Gasteiger partial charge on any atom is -0.726 e. The lowest BCUT2D eigenvalue weighted by Gasteiger charge is -2.01. The Morgan fingerprint density at radius 1 is 1.47 bits per heavy atom. The maximum atomic E-state index is 10.1. The number of hydrogen-bond acceptors (Lipinski definition) is 5. The molecule has 0 aromatic rings. The summed E-state index contributed by atoms with van der Waals surface area (Å²) < 4.78 is 32.8. The maximum Gasteiger partial charge on any atom is 0.332 e. The Balaban J connectivity index is 0. The molecule has 0 heterocycles. The molecule has 7 nitrogen and oxygen atoms in total. The summed E-state index contributed by atoms with van der Waals surface area (Å²) in [6, 6.07) is 0. The molecule has 92 valence electrons. The number of carboxylic acids is 1. The number of carboxylic acid groups (broad SMARTS) is 1. The molecule has 0 saturated heterocycles. The quantitative estimate of drug-likeness (QED) is 0.325. The van der Waals surface area contributed by atoms with E-state index in [0.717, 1.165) is 5.75 Å². The van der Waals surface area contributed by atoms with Crippen molar-refractivity contribution in [3.63, 3.8) is 0 Å². The lowest BCUT2D eigenvalue weighted by Crippen LogP contribution is -2.22. The fraction of sp³-hybridized carbons (Fsp3) is 0.833. The fourth-order valence-corrected chi connectivity index (χ4v) is 1.17. The zero-order valence-electron chi connectivity index (χ0n) is 8.28. The van der Waals surface area contributed by atoms with E-state index in [1.165, 1.54) is 0 Å². The first kappa shape index (κ1) is 17.1. The van der Waals surface area contributed by atoms with Crippen LogP contribution in [0.3, 0.4) is 0 Å². The molecule has 0 radical (unpaired) electrons. The predicted molar refractivity (Wildman–Crippen MR) is 54.7 cm³/mol. The highest BCUT2D eigenvalue weighted by Crippen LogP contribution is 1.95. The van der Waals surface area contributed by atoms with E-state index in [0.29, 0.717) is 6.42 Å². The Labute approximate surface area is 91.0 Å². The van der Waals surface area contributed by atoms with Gasteiger partial charge in [-0.05, 0) is 10.9 Å². The van der Waals surface area contributed by atoms with Crippen molar-refractivity contribution in [1.82, 2.24) is 0 Å². The van der Waals surface area contributed by atoms with Crippen molar-refractivity contribution in [2.24, 2.45) is 0 Å². The lowest BCUT2D eigenvalue weighted by atomic mass is 10.3. The average Bonchev–Trinajstić information content (AvgIpc) is 1.96. The Kier molecular flexibility index (Phi) is 8.96. The summed E-state index contributed by atoms with van der Waals surface area (Å²) in [5.41, 5.74) is 0. The standard InChI is InChI=1S/C6H12O3S.H2O4S/c1-10(2)4-3-5(7)6(8)9;1-5(2,3)4/h5,7H,3-4H2,1-2H3;(H2,1,2,3,4). The first-order valence-corrected chi connectivity index (χ1v) is 7.25. The molecule has 0 aliphatic rings. The van der Waals surface area contributed by atoms with Crippen LogP contribution in [0.2, 0.25) is 0 Å². The van der Waals surface area contributed by atoms with Crippen LogP contribution < -0.4 is 0 Å². The molecule has 0 saturated carbocycles. The van der Waals surface area contributed by atoms with Gasteiger partial charge in [-0.25, -0.2) is 13.2 Å². The van der Waals surface area contributed by atoms with E-state index in [-0.39, 0.29) is 10.9 Å². The summed E-state index contributed by atoms with van der Waals surface area (Å²) in [7, 11) is -4.69. The zero-order valence-corrected chi connectivity index (χ0v) is 9.92. The fourth-order valence-electron chi connectivity index (χ4n) is 0.471. The molecule has 15 heavy (non-hydrogen) atoms. The van der Waals surface area contributed by atoms with Gasteiger partial charge in [0.05, 0.1) is 12.5 Å². The van der Waals surface area contributed by atoms with Gasteiger partial charge in [0.1, 0.15) is 5.75 Å². The van der Waals surface area contributed by atoms with Crippen molar-refractivity contribution in [2.45, 2.75) is 12.5 Å². The average molecular weight is 262 g/mol. The van der Waals surface area contributed by atoms with Gasteiger partial charge < -0.3 is 14.8 Å². The number of rotatable bonds is 4. The second-order valence-electron chi connectivity index (χ2n) is 2.76. The predicted octanol–water partition coefficient (Wildman–Crippen LogP) is -1.30. The van der Waals surface area contributed by atoms with E-state index in [1.54, 1.807) is 0 Å². The zero-order chi connectivity index (χ0) is 12.6. The minimum atomic E-state index is -4.92. The third kappa shape index (κ3) is 24.8. The number of aliphatic hydroxyl groups is 1. The molecule has 1 atom stereocenters. The highest BCUT2D eigenvalue weighted by molar-refractivity contribution is 7.95. The van der Waals surface area contributed by atoms with Gasteiger partial charge in [-0.1, -0.05) is 0 Å². The summed E-state index contributed by atoms with van der Waals surface area (Å²) in [4.78, 5) is 10.1. The highest BCUT2D eigenvalue weighted by atomic mass is 32.3. The summed E-state index contributed by atoms with van der Waals surface area (Å²) in [5, 5.41) is 17.0. The van der Waals surface area contributed by atoms with E-state index >= 15 is 0 Å². The largest absolute Gasteiger partial charge is 0.726 e. The van der Waals surface area contributed by atoms with E-state index in [9.17, 15) is 4.79 Å². The first-order valence-electron chi connectivity index (χ1n) is 3.67. The van der Waals surface area contributed by atoms with E-state index < -0.39 is 22.5 Å². The van der Waals surface area contributed by atoms with Crippen molar-refractivity contribution < 1.29 is 32.5 Å². The molecule has 0 fully saturated rings. The Hall–Kier alpha value is -0.350. The molecule has 9 heteroatoms. The van der Waals surface area contributed by atoms with Crippen LogP contribution in [0.5, 0.6) is 0 Å². The minimum absolute atomic E-state index is 0.224. The molecule has 1 unspecified atom stereocenters. The molecule has 3 N–H and O–H groups in total. The maximum absolute atomic E-state index is 10.1. The van der Waals surface area contributed by atoms with Gasteiger partial charge >= 0.3 is 5.97 Å². The normalized spacial score (nSPS) is 12.9. The second kappa shape index (κ2) is 7.88. The van der Waals surface area contributed by atoms with E-state index in [4.69, 9.17) is 27.7 Å². The smallest absolute Gasteiger partial charge is 0.332 e. The summed E-state index contributed by atoms with van der Waals surface area (Å²) >= 11 is 0. The van der Waals surface area contributed by atoms with Gasteiger partial charge in [0.15, 0.2) is 6.10 Å². The molecule has 0 aliphatic heterocycles. The van der Waals surface area contributed by atoms with Crippen molar-refractivity contribution in [2.75, 3.05) is 18.3 Å². The van der Waals surface area contributed by atoms with Crippen LogP contribution in [0.4, 0.5) is 0 Å². The van der Waals surface area contributed by atoms with Crippen molar-refractivity contribution in [1.29, 1.82) is 0 Å². The molecular weight excluding hydrogens is 248 g/mol. The third-order valence-corrected chi connectivity index (χ3v) is 2.14. The van der Waals surface area contributed by atoms with Crippen molar-refractivity contribution in [3.05, 3.63) is 0 Å². The molecule has 0 rings (SSSR count). The number of hydrogen-bond donors (Lipinski definition) is 3. The lowest BCUT2D eigenvalue weighted by molar-refractivity contribution is -0.146. The number of aliphatic carboxylic acids is 1. The molecule has 0 aromatic heterocycles. The van der Waals surface area contributed by atoms with Crippen LogP contribution in [0.25, 0.3) is 0 Å². The van der Waals surface area contributed by atoms with Crippen LogP contribution in [0.1, 0.15) is 6.42 Å². The monoisotopic (exact) mass is 262 g/mol. The Morgan fingerprint density at radius 2 is 1.80 bits per heavy atom. The number of carbonyl (C=O) groups is 1. The molecule has 0 bridgehead atoms. The van der Waals surface area contributed by atoms with Crippen molar-refractivity contribution in [3.8, 4) is 0 Å². The SMILES string of the molecule is C[S+](C)CCC(O)C(=O)O.O=S(=O)([O-])O. The van der Waals surface area contributed by atoms with E-state index in [1.807, 2.05) is 12.5 Å². The van der Waals surface area contributed by atoms with Gasteiger partial charge in [-0.15, -0.1) is 0 Å². The second-order valence-corrected chi connectivity index (χ2v) is 6.00. The topological polar surface area (TPSA) is 135 Å². The molecule has 0 aliphatic carbocycles. The molecule has 0 amide bonds. The highest BCUT2D eigenvalue weighted by Gasteiger charge is 2.15. The molecule has 0 spiro atoms. The Morgan fingerprint density at radius 3 is 2.00 bits per heavy atom. The third-order valence-electron chi connectivity index (χ3n) is 1.08. The van der Waals surface area contributed by atoms with Crippen molar-refractivity contribution >= 4 is 27.3 Å². The van der Waals surface area contributed by atoms with Crippen LogP contribution in [-0.4, -0.2) is 58.1 Å². The van der Waals surface area contributed by atoms with Crippen LogP contribution >= 0.6 is 0 Å². The Bertz CT molecular complexity index is 263. The molecule has 0 aromatic carbocycles. The molecular formula is C6H14O7S2. The van der Waals surface area contributed by atoms with Gasteiger partial charge in [-0.3, -0.25) is 4.55 Å². The van der Waals surface area contributed by atoms with Crippen LogP contribution in [-0.2, 0) is 26.1 Å². The first-order chi connectivity index (χ1) is 6.54.